The van der Waals surface area contributed by atoms with Gasteiger partial charge in [0.1, 0.15) is 0 Å². The van der Waals surface area contributed by atoms with Gasteiger partial charge in [0.05, 0.1) is 8.16 Å². The van der Waals surface area contributed by atoms with Gasteiger partial charge in [-0.1, -0.05) is 117 Å². The second kappa shape index (κ2) is 13.8. The van der Waals surface area contributed by atoms with Gasteiger partial charge in [-0.05, 0) is 96.5 Å². The van der Waals surface area contributed by atoms with Crippen LogP contribution in [0.25, 0.3) is 0 Å². The number of thioether (sulfide) groups is 1. The number of nitrogens with one attached hydrogen (secondary N) is 2. The third kappa shape index (κ3) is 7.23. The summed E-state index contributed by atoms with van der Waals surface area (Å²) in [6.07, 6.45) is 4.14. The SMILES string of the molecule is Cl.Clc1ccc(C2CC3(CC(c4ccc(Cl)cc4)N2)SSC2(CC(c4ccc(Cl)cc4)NC(c4ccc(Cl)cc4)C2)S3)cc1. The highest BCUT2D eigenvalue weighted by atomic mass is 35.5. The maximum Gasteiger partial charge on any atom is 0.0765 e. The Morgan fingerprint density at radius 2 is 0.659 bits per heavy atom. The molecule has 3 aliphatic rings. The molecule has 10 heteroatoms. The van der Waals surface area contributed by atoms with Crippen LogP contribution in [0, 0.1) is 0 Å². The van der Waals surface area contributed by atoms with E-state index in [1.165, 1.54) is 22.3 Å². The molecule has 2 nitrogen and oxygen atoms in total. The molecule has 0 saturated carbocycles. The van der Waals surface area contributed by atoms with Crippen molar-refractivity contribution in [2.75, 3.05) is 0 Å². The zero-order valence-electron chi connectivity index (χ0n) is 23.5. The molecule has 2 spiro atoms. The Morgan fingerprint density at radius 3 is 0.886 bits per heavy atom. The van der Waals surface area contributed by atoms with Crippen LogP contribution in [-0.4, -0.2) is 8.16 Å². The molecule has 7 rings (SSSR count). The zero-order valence-corrected chi connectivity index (χ0v) is 29.8. The van der Waals surface area contributed by atoms with E-state index in [9.17, 15) is 0 Å². The summed E-state index contributed by atoms with van der Waals surface area (Å²) in [5.74, 6) is 0. The van der Waals surface area contributed by atoms with Crippen molar-refractivity contribution >= 4 is 92.2 Å². The lowest BCUT2D eigenvalue weighted by molar-refractivity contribution is 0.312. The summed E-state index contributed by atoms with van der Waals surface area (Å²) in [6.45, 7) is 0. The van der Waals surface area contributed by atoms with Crippen LogP contribution in [0.3, 0.4) is 0 Å². The molecule has 44 heavy (non-hydrogen) atoms. The van der Waals surface area contributed by atoms with E-state index in [1.807, 2.05) is 48.5 Å². The molecular formula is C34H31Cl5N2S3. The summed E-state index contributed by atoms with van der Waals surface area (Å²) in [4.78, 5) is 0. The van der Waals surface area contributed by atoms with Crippen LogP contribution in [0.5, 0.6) is 0 Å². The third-order valence-electron chi connectivity index (χ3n) is 8.67. The summed E-state index contributed by atoms with van der Waals surface area (Å²) in [5, 5.41) is 11.0. The van der Waals surface area contributed by atoms with Gasteiger partial charge in [-0.2, -0.15) is 0 Å². The Bertz CT molecular complexity index is 1340. The van der Waals surface area contributed by atoms with Gasteiger partial charge in [0, 0.05) is 44.3 Å². The molecule has 0 aromatic heterocycles. The summed E-state index contributed by atoms with van der Waals surface area (Å²) in [5.41, 5.74) is 5.10. The molecule has 230 valence electrons. The molecule has 3 fully saturated rings. The molecule has 2 N–H and O–H groups in total. The molecule has 3 aliphatic heterocycles. The van der Waals surface area contributed by atoms with Crippen molar-refractivity contribution in [2.45, 2.75) is 58.0 Å². The fourth-order valence-corrected chi connectivity index (χ4v) is 14.4. The van der Waals surface area contributed by atoms with Gasteiger partial charge < -0.3 is 10.6 Å². The normalized spacial score (nSPS) is 29.9. The summed E-state index contributed by atoms with van der Waals surface area (Å²) >= 11 is 27.4. The van der Waals surface area contributed by atoms with Crippen LogP contribution in [0.2, 0.25) is 20.1 Å². The van der Waals surface area contributed by atoms with Crippen LogP contribution < -0.4 is 10.6 Å². The van der Waals surface area contributed by atoms with Crippen LogP contribution in [-0.2, 0) is 0 Å². The van der Waals surface area contributed by atoms with Gasteiger partial charge >= 0.3 is 0 Å². The van der Waals surface area contributed by atoms with Crippen molar-refractivity contribution in [3.8, 4) is 0 Å². The van der Waals surface area contributed by atoms with E-state index in [2.05, 4.69) is 92.5 Å². The first-order valence-electron chi connectivity index (χ1n) is 14.4. The summed E-state index contributed by atoms with van der Waals surface area (Å²) in [7, 11) is 4.18. The van der Waals surface area contributed by atoms with Gasteiger partial charge in [0.15, 0.2) is 0 Å². The third-order valence-corrected chi connectivity index (χ3v) is 16.2. The Balaban J connectivity index is 0.00000343. The smallest absolute Gasteiger partial charge is 0.0765 e. The van der Waals surface area contributed by atoms with Crippen molar-refractivity contribution in [3.63, 3.8) is 0 Å². The molecule has 0 aliphatic carbocycles. The number of halogens is 5. The Hall–Kier alpha value is -0.700. The lowest BCUT2D eigenvalue weighted by Crippen LogP contribution is -2.44. The standard InChI is InChI=1S/C34H30Cl4N2S3.ClH/c35-25-9-1-21(2-10-25)29-17-33(18-30(39-29)22-3-11-26(36)12-4-22)41-34(43-42-33)19-31(23-5-13-27(37)14-6-23)40-32(20-34)24-7-15-28(38)16-8-24;/h1-16,29-32,39-40H,17-20H2;1H. The average Bonchev–Trinajstić information content (AvgIpc) is 3.33. The molecule has 0 radical (unpaired) electrons. The average molecular weight is 741 g/mol. The molecule has 4 unspecified atom stereocenters. The van der Waals surface area contributed by atoms with E-state index in [-0.39, 0.29) is 44.7 Å². The summed E-state index contributed by atoms with van der Waals surface area (Å²) < 4.78 is 0.0773. The molecule has 3 heterocycles. The minimum absolute atomic E-state index is 0. The molecule has 0 bridgehead atoms. The molecular weight excluding hydrogens is 710 g/mol. The number of rotatable bonds is 4. The number of piperidine rings is 2. The van der Waals surface area contributed by atoms with E-state index in [0.717, 1.165) is 45.8 Å². The lowest BCUT2D eigenvalue weighted by atomic mass is 9.89. The zero-order chi connectivity index (χ0) is 29.6. The quantitative estimate of drug-likeness (QED) is 0.203. The van der Waals surface area contributed by atoms with Gasteiger partial charge in [-0.15, -0.1) is 24.2 Å². The minimum atomic E-state index is 0. The molecule has 4 aromatic carbocycles. The van der Waals surface area contributed by atoms with Crippen molar-refractivity contribution in [1.82, 2.24) is 10.6 Å². The van der Waals surface area contributed by atoms with E-state index in [4.69, 9.17) is 46.4 Å². The maximum atomic E-state index is 6.29. The molecule has 3 saturated heterocycles. The van der Waals surface area contributed by atoms with Gasteiger partial charge in [-0.3, -0.25) is 0 Å². The van der Waals surface area contributed by atoms with E-state index in [1.54, 1.807) is 0 Å². The van der Waals surface area contributed by atoms with Gasteiger partial charge in [0.25, 0.3) is 0 Å². The number of hydrogen-bond acceptors (Lipinski definition) is 5. The highest BCUT2D eigenvalue weighted by Crippen LogP contribution is 2.74. The van der Waals surface area contributed by atoms with E-state index < -0.39 is 0 Å². The Morgan fingerprint density at radius 1 is 0.432 bits per heavy atom. The topological polar surface area (TPSA) is 24.1 Å². The van der Waals surface area contributed by atoms with E-state index >= 15 is 0 Å². The monoisotopic (exact) mass is 738 g/mol. The fourth-order valence-electron chi connectivity index (χ4n) is 6.60. The van der Waals surface area contributed by atoms with E-state index in [0.29, 0.717) is 0 Å². The van der Waals surface area contributed by atoms with Crippen molar-refractivity contribution in [2.24, 2.45) is 0 Å². The van der Waals surface area contributed by atoms with Crippen LogP contribution in [0.15, 0.2) is 97.1 Å². The van der Waals surface area contributed by atoms with Crippen LogP contribution in [0.4, 0.5) is 0 Å². The highest BCUT2D eigenvalue weighted by molar-refractivity contribution is 8.83. The first kappa shape index (κ1) is 33.2. The van der Waals surface area contributed by atoms with Gasteiger partial charge in [0.2, 0.25) is 0 Å². The first-order valence-corrected chi connectivity index (χ1v) is 18.9. The molecule has 4 aromatic rings. The maximum absolute atomic E-state index is 6.29. The predicted molar refractivity (Wildman–Crippen MR) is 197 cm³/mol. The predicted octanol–water partition coefficient (Wildman–Crippen LogP) is 12.3. The second-order valence-electron chi connectivity index (χ2n) is 11.7. The van der Waals surface area contributed by atoms with Crippen LogP contribution >= 0.6 is 92.2 Å². The van der Waals surface area contributed by atoms with Crippen molar-refractivity contribution in [3.05, 3.63) is 139 Å². The number of benzene rings is 4. The fraction of sp³-hybridized carbons (Fsp3) is 0.294. The molecule has 0 amide bonds. The highest BCUT2D eigenvalue weighted by Gasteiger charge is 2.57. The van der Waals surface area contributed by atoms with Crippen molar-refractivity contribution < 1.29 is 0 Å². The van der Waals surface area contributed by atoms with Crippen molar-refractivity contribution in [1.29, 1.82) is 0 Å². The lowest BCUT2D eigenvalue weighted by Gasteiger charge is -2.46. The molecule has 4 atom stereocenters. The minimum Gasteiger partial charge on any atom is -0.303 e. The largest absolute Gasteiger partial charge is 0.303 e. The Labute approximate surface area is 297 Å². The summed E-state index contributed by atoms with van der Waals surface area (Å²) in [6, 6.07) is 34.2. The van der Waals surface area contributed by atoms with Crippen LogP contribution in [0.1, 0.15) is 72.1 Å². The number of hydrogen-bond donors (Lipinski definition) is 2. The first-order chi connectivity index (χ1) is 20.8. The Kier molecular flexibility index (Phi) is 10.4. The second-order valence-corrected chi connectivity index (χ2v) is 18.6. The van der Waals surface area contributed by atoms with Gasteiger partial charge in [-0.25, -0.2) is 0 Å².